The molecule has 0 saturated heterocycles. The Bertz CT molecular complexity index is 525. The van der Waals surface area contributed by atoms with Crippen molar-refractivity contribution in [2.45, 2.75) is 13.5 Å². The summed E-state index contributed by atoms with van der Waals surface area (Å²) in [5.41, 5.74) is 2.15. The molecule has 3 nitrogen and oxygen atoms in total. The predicted molar refractivity (Wildman–Crippen MR) is 76.9 cm³/mol. The molecule has 1 N–H and O–H groups in total. The van der Waals surface area contributed by atoms with E-state index in [4.69, 9.17) is 0 Å². The maximum atomic E-state index is 12.9. The van der Waals surface area contributed by atoms with Crippen molar-refractivity contribution >= 4 is 11.5 Å². The highest BCUT2D eigenvalue weighted by molar-refractivity contribution is 5.47. The number of aromatic nitrogens is 1. The average molecular weight is 259 g/mol. The van der Waals surface area contributed by atoms with Crippen molar-refractivity contribution in [1.82, 2.24) is 4.98 Å². The minimum atomic E-state index is -0.213. The van der Waals surface area contributed by atoms with Gasteiger partial charge in [-0.25, -0.2) is 9.37 Å². The maximum absolute atomic E-state index is 12.9. The van der Waals surface area contributed by atoms with Gasteiger partial charge >= 0.3 is 0 Å². The zero-order valence-electron chi connectivity index (χ0n) is 11.2. The van der Waals surface area contributed by atoms with E-state index in [1.54, 1.807) is 18.3 Å². The van der Waals surface area contributed by atoms with Crippen molar-refractivity contribution in [2.24, 2.45) is 0 Å². The van der Waals surface area contributed by atoms with Gasteiger partial charge in [-0.05, 0) is 48.9 Å². The Hall–Kier alpha value is -2.10. The molecule has 1 aromatic heterocycles. The molecule has 0 atom stereocenters. The third-order valence-electron chi connectivity index (χ3n) is 2.87. The number of benzene rings is 1. The molecule has 19 heavy (non-hydrogen) atoms. The van der Waals surface area contributed by atoms with Crippen molar-refractivity contribution < 1.29 is 4.39 Å². The molecule has 0 aliphatic heterocycles. The lowest BCUT2D eigenvalue weighted by atomic mass is 10.2. The van der Waals surface area contributed by atoms with E-state index < -0.39 is 0 Å². The van der Waals surface area contributed by atoms with Crippen LogP contribution in [-0.2, 0) is 6.54 Å². The fraction of sp³-hybridized carbons (Fsp3) is 0.267. The number of hydrogen-bond donors (Lipinski definition) is 1. The largest absolute Gasteiger partial charge is 0.370 e. The van der Waals surface area contributed by atoms with Crippen LogP contribution < -0.4 is 10.2 Å². The highest BCUT2D eigenvalue weighted by atomic mass is 19.1. The SMILES string of the molecule is CCNc1cc(CN(C)c2ccc(F)cc2)ccn1. The topological polar surface area (TPSA) is 28.2 Å². The summed E-state index contributed by atoms with van der Waals surface area (Å²) in [6.07, 6.45) is 1.80. The summed E-state index contributed by atoms with van der Waals surface area (Å²) < 4.78 is 12.9. The second kappa shape index (κ2) is 6.18. The summed E-state index contributed by atoms with van der Waals surface area (Å²) in [6, 6.07) is 10.5. The van der Waals surface area contributed by atoms with Crippen LogP contribution in [0.15, 0.2) is 42.6 Å². The second-order valence-electron chi connectivity index (χ2n) is 4.41. The molecule has 0 bridgehead atoms. The molecule has 0 radical (unpaired) electrons. The number of anilines is 2. The van der Waals surface area contributed by atoms with Gasteiger partial charge in [0.2, 0.25) is 0 Å². The van der Waals surface area contributed by atoms with E-state index in [-0.39, 0.29) is 5.82 Å². The molecular formula is C15H18FN3. The van der Waals surface area contributed by atoms with Crippen molar-refractivity contribution in [3.8, 4) is 0 Å². The number of halogens is 1. The van der Waals surface area contributed by atoms with E-state index in [0.717, 1.165) is 30.2 Å². The summed E-state index contributed by atoms with van der Waals surface area (Å²) in [5.74, 6) is 0.669. The lowest BCUT2D eigenvalue weighted by molar-refractivity contribution is 0.627. The van der Waals surface area contributed by atoms with Gasteiger partial charge in [0, 0.05) is 32.0 Å². The zero-order valence-corrected chi connectivity index (χ0v) is 11.2. The number of hydrogen-bond acceptors (Lipinski definition) is 3. The van der Waals surface area contributed by atoms with Crippen LogP contribution in [0.3, 0.4) is 0 Å². The average Bonchev–Trinajstić information content (AvgIpc) is 2.40. The zero-order chi connectivity index (χ0) is 13.7. The lowest BCUT2D eigenvalue weighted by Crippen LogP contribution is -2.16. The molecule has 2 rings (SSSR count). The fourth-order valence-corrected chi connectivity index (χ4v) is 1.91. The normalized spacial score (nSPS) is 10.3. The number of nitrogens with zero attached hydrogens (tertiary/aromatic N) is 2. The maximum Gasteiger partial charge on any atom is 0.126 e. The molecule has 0 aliphatic rings. The van der Waals surface area contributed by atoms with Crippen LogP contribution in [0.25, 0.3) is 0 Å². The van der Waals surface area contributed by atoms with E-state index in [1.165, 1.54) is 12.1 Å². The van der Waals surface area contributed by atoms with Gasteiger partial charge in [-0.2, -0.15) is 0 Å². The molecule has 0 fully saturated rings. The van der Waals surface area contributed by atoms with Gasteiger partial charge in [0.25, 0.3) is 0 Å². The molecule has 2 aromatic rings. The molecule has 0 unspecified atom stereocenters. The Labute approximate surface area is 113 Å². The predicted octanol–water partition coefficient (Wildman–Crippen LogP) is 3.29. The summed E-state index contributed by atoms with van der Waals surface area (Å²) in [6.45, 7) is 3.65. The minimum absolute atomic E-state index is 0.213. The summed E-state index contributed by atoms with van der Waals surface area (Å²) >= 11 is 0. The molecule has 1 heterocycles. The van der Waals surface area contributed by atoms with Crippen LogP contribution in [0.5, 0.6) is 0 Å². The first-order valence-electron chi connectivity index (χ1n) is 6.34. The summed E-state index contributed by atoms with van der Waals surface area (Å²) in [5, 5.41) is 3.19. The first-order valence-corrected chi connectivity index (χ1v) is 6.34. The third-order valence-corrected chi connectivity index (χ3v) is 2.87. The van der Waals surface area contributed by atoms with Gasteiger partial charge in [0.1, 0.15) is 11.6 Å². The summed E-state index contributed by atoms with van der Waals surface area (Å²) in [4.78, 5) is 6.32. The minimum Gasteiger partial charge on any atom is -0.370 e. The van der Waals surface area contributed by atoms with Crippen molar-refractivity contribution in [3.63, 3.8) is 0 Å². The highest BCUT2D eigenvalue weighted by Crippen LogP contribution is 2.16. The van der Waals surface area contributed by atoms with Gasteiger partial charge in [-0.1, -0.05) is 0 Å². The van der Waals surface area contributed by atoms with Gasteiger partial charge in [0.15, 0.2) is 0 Å². The van der Waals surface area contributed by atoms with E-state index >= 15 is 0 Å². The molecule has 0 spiro atoms. The van der Waals surface area contributed by atoms with Crippen LogP contribution in [0.1, 0.15) is 12.5 Å². The standard InChI is InChI=1S/C15H18FN3/c1-3-17-15-10-12(8-9-18-15)11-19(2)14-6-4-13(16)5-7-14/h4-10H,3,11H2,1-2H3,(H,17,18). The van der Waals surface area contributed by atoms with E-state index in [1.807, 2.05) is 26.1 Å². The molecule has 4 heteroatoms. The van der Waals surface area contributed by atoms with E-state index in [0.29, 0.717) is 0 Å². The Morgan fingerprint density at radius 2 is 1.95 bits per heavy atom. The fourth-order valence-electron chi connectivity index (χ4n) is 1.91. The van der Waals surface area contributed by atoms with Crippen LogP contribution in [0.4, 0.5) is 15.9 Å². The lowest BCUT2D eigenvalue weighted by Gasteiger charge is -2.19. The molecule has 100 valence electrons. The molecule has 0 aliphatic carbocycles. The Morgan fingerprint density at radius 3 is 2.63 bits per heavy atom. The van der Waals surface area contributed by atoms with Crippen LogP contribution in [-0.4, -0.2) is 18.6 Å². The molecule has 0 saturated carbocycles. The van der Waals surface area contributed by atoms with Gasteiger partial charge in [0.05, 0.1) is 0 Å². The molecule has 0 amide bonds. The van der Waals surface area contributed by atoms with Gasteiger partial charge in [-0.15, -0.1) is 0 Å². The Balaban J connectivity index is 2.07. The molecular weight excluding hydrogens is 241 g/mol. The van der Waals surface area contributed by atoms with Gasteiger partial charge < -0.3 is 10.2 Å². The second-order valence-corrected chi connectivity index (χ2v) is 4.41. The van der Waals surface area contributed by atoms with E-state index in [9.17, 15) is 4.39 Å². The summed E-state index contributed by atoms with van der Waals surface area (Å²) in [7, 11) is 1.99. The quantitative estimate of drug-likeness (QED) is 0.893. The van der Waals surface area contributed by atoms with E-state index in [2.05, 4.69) is 15.2 Å². The van der Waals surface area contributed by atoms with Crippen LogP contribution in [0, 0.1) is 5.82 Å². The smallest absolute Gasteiger partial charge is 0.126 e. The number of nitrogens with one attached hydrogen (secondary N) is 1. The van der Waals surface area contributed by atoms with Crippen molar-refractivity contribution in [1.29, 1.82) is 0 Å². The van der Waals surface area contributed by atoms with Gasteiger partial charge in [-0.3, -0.25) is 0 Å². The molecule has 1 aromatic carbocycles. The Morgan fingerprint density at radius 1 is 1.21 bits per heavy atom. The first kappa shape index (κ1) is 13.3. The van der Waals surface area contributed by atoms with Crippen molar-refractivity contribution in [2.75, 3.05) is 23.8 Å². The Kier molecular flexibility index (Phi) is 4.34. The van der Waals surface area contributed by atoms with Crippen LogP contribution in [0.2, 0.25) is 0 Å². The third kappa shape index (κ3) is 3.68. The first-order chi connectivity index (χ1) is 9.19. The highest BCUT2D eigenvalue weighted by Gasteiger charge is 2.03. The number of pyridine rings is 1. The number of rotatable bonds is 5. The monoisotopic (exact) mass is 259 g/mol. The van der Waals surface area contributed by atoms with Crippen LogP contribution >= 0.6 is 0 Å². The van der Waals surface area contributed by atoms with Crippen molar-refractivity contribution in [3.05, 3.63) is 54.0 Å².